The fraction of sp³-hybridized carbons (Fsp3) is 0.579. The summed E-state index contributed by atoms with van der Waals surface area (Å²) in [6, 6.07) is 8.45. The number of hydrogen-bond acceptors (Lipinski definition) is 3. The first-order chi connectivity index (χ1) is 11.6. The van der Waals surface area contributed by atoms with Gasteiger partial charge >= 0.3 is 0 Å². The summed E-state index contributed by atoms with van der Waals surface area (Å²) in [5.74, 6) is 0.156. The van der Waals surface area contributed by atoms with Gasteiger partial charge in [0, 0.05) is 38.5 Å². The van der Waals surface area contributed by atoms with Crippen LogP contribution in [0.1, 0.15) is 43.2 Å². The lowest BCUT2D eigenvalue weighted by Gasteiger charge is -2.36. The van der Waals surface area contributed by atoms with Gasteiger partial charge in [-0.15, -0.1) is 0 Å². The molecule has 5 nitrogen and oxygen atoms in total. The average Bonchev–Trinajstić information content (AvgIpc) is 2.60. The van der Waals surface area contributed by atoms with Crippen molar-refractivity contribution in [3.8, 4) is 0 Å². The molecule has 3 N–H and O–H groups in total. The van der Waals surface area contributed by atoms with Gasteiger partial charge < -0.3 is 16.0 Å². The van der Waals surface area contributed by atoms with E-state index < -0.39 is 0 Å². The molecule has 24 heavy (non-hydrogen) atoms. The molecule has 132 valence electrons. The van der Waals surface area contributed by atoms with Gasteiger partial charge in [-0.05, 0) is 38.2 Å². The summed E-state index contributed by atoms with van der Waals surface area (Å²) in [6.45, 7) is 3.75. The standard InChI is InChI=1S/C19H29N3O2/c1-15-5-7-16(8-6-15)9-10-19(24)22-13-3-2-4-17(22)14-21-18(23)11-12-20/h5-8,17H,2-4,9-14,20H2,1H3,(H,21,23). The molecule has 1 aromatic carbocycles. The molecule has 2 amide bonds. The second kappa shape index (κ2) is 9.42. The summed E-state index contributed by atoms with van der Waals surface area (Å²) in [4.78, 5) is 26.2. The zero-order chi connectivity index (χ0) is 17.4. The van der Waals surface area contributed by atoms with Gasteiger partial charge in [0.15, 0.2) is 0 Å². The highest BCUT2D eigenvalue weighted by atomic mass is 16.2. The summed E-state index contributed by atoms with van der Waals surface area (Å²) in [5.41, 5.74) is 7.82. The molecule has 0 radical (unpaired) electrons. The number of nitrogens with zero attached hydrogens (tertiary/aromatic N) is 1. The van der Waals surface area contributed by atoms with Crippen molar-refractivity contribution < 1.29 is 9.59 Å². The number of aryl methyl sites for hydroxylation is 2. The van der Waals surface area contributed by atoms with Crippen LogP contribution in [0.5, 0.6) is 0 Å². The van der Waals surface area contributed by atoms with Gasteiger partial charge in [-0.3, -0.25) is 9.59 Å². The second-order valence-corrected chi connectivity index (χ2v) is 6.57. The lowest BCUT2D eigenvalue weighted by atomic mass is 10.0. The number of nitrogens with one attached hydrogen (secondary N) is 1. The Morgan fingerprint density at radius 1 is 1.21 bits per heavy atom. The Morgan fingerprint density at radius 3 is 2.67 bits per heavy atom. The molecule has 0 aromatic heterocycles. The van der Waals surface area contributed by atoms with Crippen molar-refractivity contribution in [2.24, 2.45) is 5.73 Å². The van der Waals surface area contributed by atoms with E-state index in [0.717, 1.165) is 32.2 Å². The molecule has 1 aromatic rings. The Bertz CT molecular complexity index is 542. The highest BCUT2D eigenvalue weighted by Crippen LogP contribution is 2.18. The minimum absolute atomic E-state index is 0.0323. The van der Waals surface area contributed by atoms with Gasteiger partial charge in [-0.25, -0.2) is 0 Å². The normalized spacial score (nSPS) is 17.6. The first-order valence-corrected chi connectivity index (χ1v) is 8.92. The van der Waals surface area contributed by atoms with Crippen LogP contribution in [-0.2, 0) is 16.0 Å². The van der Waals surface area contributed by atoms with Crippen molar-refractivity contribution in [2.45, 2.75) is 51.5 Å². The SMILES string of the molecule is Cc1ccc(CCC(=O)N2CCCCC2CNC(=O)CCN)cc1. The number of amides is 2. The number of rotatable bonds is 7. The molecule has 0 aliphatic carbocycles. The highest BCUT2D eigenvalue weighted by molar-refractivity contribution is 5.78. The smallest absolute Gasteiger partial charge is 0.223 e. The van der Waals surface area contributed by atoms with Crippen molar-refractivity contribution in [3.05, 3.63) is 35.4 Å². The van der Waals surface area contributed by atoms with Crippen LogP contribution in [0, 0.1) is 6.92 Å². The van der Waals surface area contributed by atoms with Gasteiger partial charge in [-0.1, -0.05) is 29.8 Å². The molecule has 0 saturated carbocycles. The Hall–Kier alpha value is -1.88. The van der Waals surface area contributed by atoms with Crippen LogP contribution in [0.25, 0.3) is 0 Å². The maximum Gasteiger partial charge on any atom is 0.223 e. The number of likely N-dealkylation sites (tertiary alicyclic amines) is 1. The van der Waals surface area contributed by atoms with Crippen molar-refractivity contribution in [2.75, 3.05) is 19.6 Å². The zero-order valence-electron chi connectivity index (χ0n) is 14.6. The van der Waals surface area contributed by atoms with E-state index >= 15 is 0 Å². The molecule has 1 aliphatic rings. The Morgan fingerprint density at radius 2 is 1.96 bits per heavy atom. The second-order valence-electron chi connectivity index (χ2n) is 6.57. The molecule has 5 heteroatoms. The van der Waals surface area contributed by atoms with E-state index in [1.807, 2.05) is 4.90 Å². The van der Waals surface area contributed by atoms with E-state index in [9.17, 15) is 9.59 Å². The number of carbonyl (C=O) groups is 2. The van der Waals surface area contributed by atoms with Crippen molar-refractivity contribution in [3.63, 3.8) is 0 Å². The Kier molecular flexibility index (Phi) is 7.25. The Labute approximate surface area is 144 Å². The molecule has 1 saturated heterocycles. The quantitative estimate of drug-likeness (QED) is 0.799. The van der Waals surface area contributed by atoms with Crippen LogP contribution < -0.4 is 11.1 Å². The predicted molar refractivity (Wildman–Crippen MR) is 95.5 cm³/mol. The van der Waals surface area contributed by atoms with Gasteiger partial charge in [0.1, 0.15) is 0 Å². The first-order valence-electron chi connectivity index (χ1n) is 8.92. The van der Waals surface area contributed by atoms with Crippen LogP contribution in [-0.4, -0.2) is 42.4 Å². The van der Waals surface area contributed by atoms with Crippen molar-refractivity contribution >= 4 is 11.8 Å². The van der Waals surface area contributed by atoms with Crippen LogP contribution >= 0.6 is 0 Å². The van der Waals surface area contributed by atoms with E-state index in [1.165, 1.54) is 11.1 Å². The lowest BCUT2D eigenvalue weighted by molar-refractivity contribution is -0.135. The van der Waals surface area contributed by atoms with E-state index in [4.69, 9.17) is 5.73 Å². The third-order valence-electron chi connectivity index (χ3n) is 4.60. The summed E-state index contributed by atoms with van der Waals surface area (Å²) < 4.78 is 0. The van der Waals surface area contributed by atoms with E-state index in [1.54, 1.807) is 0 Å². The molecule has 1 aliphatic heterocycles. The number of hydrogen-bond donors (Lipinski definition) is 2. The van der Waals surface area contributed by atoms with Crippen molar-refractivity contribution in [1.82, 2.24) is 10.2 Å². The van der Waals surface area contributed by atoms with Gasteiger partial charge in [0.25, 0.3) is 0 Å². The molecular weight excluding hydrogens is 302 g/mol. The molecule has 0 bridgehead atoms. The largest absolute Gasteiger partial charge is 0.354 e. The van der Waals surface area contributed by atoms with Crippen LogP contribution in [0.15, 0.2) is 24.3 Å². The average molecular weight is 331 g/mol. The third-order valence-corrected chi connectivity index (χ3v) is 4.60. The van der Waals surface area contributed by atoms with Gasteiger partial charge in [0.05, 0.1) is 0 Å². The first kappa shape index (κ1) is 18.5. The lowest BCUT2D eigenvalue weighted by Crippen LogP contribution is -2.49. The molecule has 1 fully saturated rings. The zero-order valence-corrected chi connectivity index (χ0v) is 14.6. The van der Waals surface area contributed by atoms with E-state index in [-0.39, 0.29) is 17.9 Å². The topological polar surface area (TPSA) is 75.4 Å². The molecule has 2 rings (SSSR count). The molecular formula is C19H29N3O2. The summed E-state index contributed by atoms with van der Waals surface area (Å²) in [5, 5.41) is 2.91. The number of nitrogens with two attached hydrogens (primary N) is 1. The summed E-state index contributed by atoms with van der Waals surface area (Å²) in [6.07, 6.45) is 4.74. The van der Waals surface area contributed by atoms with Gasteiger partial charge in [0.2, 0.25) is 11.8 Å². The molecule has 0 spiro atoms. The van der Waals surface area contributed by atoms with Crippen molar-refractivity contribution in [1.29, 1.82) is 0 Å². The van der Waals surface area contributed by atoms with Crippen LogP contribution in [0.3, 0.4) is 0 Å². The molecule has 1 unspecified atom stereocenters. The summed E-state index contributed by atoms with van der Waals surface area (Å²) in [7, 11) is 0. The monoisotopic (exact) mass is 331 g/mol. The summed E-state index contributed by atoms with van der Waals surface area (Å²) >= 11 is 0. The van der Waals surface area contributed by atoms with E-state index in [0.29, 0.717) is 25.9 Å². The molecule has 1 heterocycles. The highest BCUT2D eigenvalue weighted by Gasteiger charge is 2.26. The number of benzene rings is 1. The van der Waals surface area contributed by atoms with E-state index in [2.05, 4.69) is 36.5 Å². The number of piperidine rings is 1. The van der Waals surface area contributed by atoms with Crippen LogP contribution in [0.4, 0.5) is 0 Å². The Balaban J connectivity index is 1.85. The fourth-order valence-electron chi connectivity index (χ4n) is 3.14. The minimum atomic E-state index is -0.0323. The van der Waals surface area contributed by atoms with Gasteiger partial charge in [-0.2, -0.15) is 0 Å². The minimum Gasteiger partial charge on any atom is -0.354 e. The maximum absolute atomic E-state index is 12.6. The van der Waals surface area contributed by atoms with Crippen LogP contribution in [0.2, 0.25) is 0 Å². The number of carbonyl (C=O) groups excluding carboxylic acids is 2. The molecule has 1 atom stereocenters. The maximum atomic E-state index is 12.6. The predicted octanol–water partition coefficient (Wildman–Crippen LogP) is 1.77. The third kappa shape index (κ3) is 5.64. The fourth-order valence-corrected chi connectivity index (χ4v) is 3.14.